The highest BCUT2D eigenvalue weighted by Gasteiger charge is 2.21. The van der Waals surface area contributed by atoms with Crippen LogP contribution in [-0.4, -0.2) is 28.0 Å². The fourth-order valence-corrected chi connectivity index (χ4v) is 2.34. The molecule has 0 aromatic carbocycles. The van der Waals surface area contributed by atoms with E-state index in [4.69, 9.17) is 28.8 Å². The van der Waals surface area contributed by atoms with Crippen LogP contribution in [0.4, 0.5) is 11.6 Å². The number of carbonyl (C=O) groups excluding carboxylic acids is 1. The molecule has 0 spiro atoms. The summed E-state index contributed by atoms with van der Waals surface area (Å²) in [6.07, 6.45) is 3.79. The topological polar surface area (TPSA) is 133 Å². The van der Waals surface area contributed by atoms with Crippen LogP contribution in [0.25, 0.3) is 0 Å². The Balaban J connectivity index is 2.13. The number of nitrogens with two attached hydrogens (primary N) is 3. The van der Waals surface area contributed by atoms with Crippen molar-refractivity contribution in [1.29, 1.82) is 0 Å². The number of carbonyl (C=O) groups is 1. The minimum absolute atomic E-state index is 0.0214. The molecule has 0 unspecified atom stereocenters. The number of anilines is 2. The Morgan fingerprint density at radius 1 is 1.26 bits per heavy atom. The van der Waals surface area contributed by atoms with Crippen molar-refractivity contribution >= 4 is 29.1 Å². The summed E-state index contributed by atoms with van der Waals surface area (Å²) in [7, 11) is 0. The van der Waals surface area contributed by atoms with Gasteiger partial charge in [-0.1, -0.05) is 11.6 Å². The number of amides is 1. The number of rotatable bonds is 3. The second kappa shape index (κ2) is 5.58. The lowest BCUT2D eigenvalue weighted by molar-refractivity contribution is 0.0996. The van der Waals surface area contributed by atoms with Crippen molar-refractivity contribution in [3.05, 3.63) is 10.8 Å². The Kier molecular flexibility index (Phi) is 4.06. The molecule has 0 atom stereocenters. The number of nitrogens with one attached hydrogen (secondary N) is 1. The van der Waals surface area contributed by atoms with Gasteiger partial charge in [-0.15, -0.1) is 0 Å². The summed E-state index contributed by atoms with van der Waals surface area (Å²) in [6.45, 7) is 0. The first-order valence-electron chi connectivity index (χ1n) is 6.12. The van der Waals surface area contributed by atoms with E-state index >= 15 is 0 Å². The molecule has 8 heteroatoms. The molecule has 0 radical (unpaired) electrons. The van der Waals surface area contributed by atoms with Crippen LogP contribution in [0.5, 0.6) is 0 Å². The molecule has 1 fully saturated rings. The van der Waals surface area contributed by atoms with Crippen molar-refractivity contribution < 1.29 is 4.79 Å². The Hall–Kier alpha value is -1.60. The van der Waals surface area contributed by atoms with E-state index in [1.54, 1.807) is 0 Å². The molecule has 1 amide bonds. The van der Waals surface area contributed by atoms with E-state index in [9.17, 15) is 4.79 Å². The van der Waals surface area contributed by atoms with Crippen LogP contribution >= 0.6 is 11.6 Å². The fraction of sp³-hybridized carbons (Fsp3) is 0.545. The van der Waals surface area contributed by atoms with Crippen molar-refractivity contribution in [2.24, 2.45) is 11.5 Å². The number of aromatic nitrogens is 2. The highest BCUT2D eigenvalue weighted by atomic mass is 35.5. The van der Waals surface area contributed by atoms with Gasteiger partial charge in [0.05, 0.1) is 0 Å². The third kappa shape index (κ3) is 3.24. The lowest BCUT2D eigenvalue weighted by Crippen LogP contribution is -2.33. The highest BCUT2D eigenvalue weighted by molar-refractivity contribution is 6.32. The van der Waals surface area contributed by atoms with E-state index in [1.165, 1.54) is 0 Å². The molecule has 0 saturated heterocycles. The first kappa shape index (κ1) is 13.8. The van der Waals surface area contributed by atoms with E-state index < -0.39 is 5.91 Å². The molecule has 7 N–H and O–H groups in total. The summed E-state index contributed by atoms with van der Waals surface area (Å²) < 4.78 is 0. The number of hydrogen-bond donors (Lipinski definition) is 4. The zero-order valence-electron chi connectivity index (χ0n) is 10.4. The second-order valence-corrected chi connectivity index (χ2v) is 5.08. The normalized spacial score (nSPS) is 23.1. The van der Waals surface area contributed by atoms with Gasteiger partial charge in [0.2, 0.25) is 0 Å². The Morgan fingerprint density at radius 2 is 1.89 bits per heavy atom. The van der Waals surface area contributed by atoms with E-state index in [-0.39, 0.29) is 28.7 Å². The third-order valence-corrected chi connectivity index (χ3v) is 3.49. The number of hydrogen-bond acceptors (Lipinski definition) is 6. The molecule has 1 aromatic heterocycles. The van der Waals surface area contributed by atoms with Crippen molar-refractivity contribution in [3.8, 4) is 0 Å². The molecule has 1 heterocycles. The molecule has 7 nitrogen and oxygen atoms in total. The lowest BCUT2D eigenvalue weighted by atomic mass is 9.92. The minimum atomic E-state index is -0.748. The van der Waals surface area contributed by atoms with E-state index in [0.717, 1.165) is 25.7 Å². The predicted molar refractivity (Wildman–Crippen MR) is 73.8 cm³/mol. The average Bonchev–Trinajstić information content (AvgIpc) is 2.35. The molecule has 2 rings (SSSR count). The molecular weight excluding hydrogens is 268 g/mol. The van der Waals surface area contributed by atoms with Crippen molar-refractivity contribution in [1.82, 2.24) is 9.97 Å². The van der Waals surface area contributed by atoms with Crippen LogP contribution in [0.15, 0.2) is 0 Å². The maximum absolute atomic E-state index is 11.1. The molecule has 0 bridgehead atoms. The zero-order chi connectivity index (χ0) is 14.0. The van der Waals surface area contributed by atoms with Gasteiger partial charge in [0, 0.05) is 12.1 Å². The molecule has 1 saturated carbocycles. The van der Waals surface area contributed by atoms with Gasteiger partial charge in [0.15, 0.2) is 22.5 Å². The van der Waals surface area contributed by atoms with Gasteiger partial charge in [-0.25, -0.2) is 9.97 Å². The van der Waals surface area contributed by atoms with Crippen LogP contribution < -0.4 is 22.5 Å². The van der Waals surface area contributed by atoms with E-state index in [0.29, 0.717) is 5.82 Å². The number of nitrogens with zero attached hydrogens (tertiary/aromatic N) is 2. The number of primary amides is 1. The summed E-state index contributed by atoms with van der Waals surface area (Å²) in [4.78, 5) is 19.0. The van der Waals surface area contributed by atoms with Gasteiger partial charge in [0.1, 0.15) is 0 Å². The Morgan fingerprint density at radius 3 is 2.47 bits per heavy atom. The molecule has 104 valence electrons. The first-order chi connectivity index (χ1) is 8.97. The molecule has 1 aromatic rings. The second-order valence-electron chi connectivity index (χ2n) is 4.72. The van der Waals surface area contributed by atoms with Crippen molar-refractivity contribution in [3.63, 3.8) is 0 Å². The standard InChI is InChI=1S/C11H17ClN6O/c12-8-11(16-6-3-1-5(13)2-4-6)18-9(14)7(17-8)10(15)19/h5-6H,1-4,13H2,(H2,15,19)(H3,14,16,18)/t5-,6-. The van der Waals surface area contributed by atoms with Gasteiger partial charge in [-0.05, 0) is 25.7 Å². The third-order valence-electron chi connectivity index (χ3n) is 3.23. The first-order valence-corrected chi connectivity index (χ1v) is 6.50. The summed E-state index contributed by atoms with van der Waals surface area (Å²) >= 11 is 5.97. The Labute approximate surface area is 115 Å². The Bertz CT molecular complexity index is 486. The summed E-state index contributed by atoms with van der Waals surface area (Å²) in [5.74, 6) is -0.390. The SMILES string of the molecule is NC(=O)c1nc(Cl)c(N[C@H]2CC[C@H](N)CC2)nc1N. The monoisotopic (exact) mass is 284 g/mol. The van der Waals surface area contributed by atoms with Crippen molar-refractivity contribution in [2.45, 2.75) is 37.8 Å². The fourth-order valence-electron chi connectivity index (χ4n) is 2.16. The van der Waals surface area contributed by atoms with Gasteiger partial charge in [-0.2, -0.15) is 0 Å². The van der Waals surface area contributed by atoms with Crippen LogP contribution in [0.3, 0.4) is 0 Å². The largest absolute Gasteiger partial charge is 0.382 e. The van der Waals surface area contributed by atoms with Gasteiger partial charge in [-0.3, -0.25) is 4.79 Å². The predicted octanol–water partition coefficient (Wildman–Crippen LogP) is 0.493. The van der Waals surface area contributed by atoms with Crippen LogP contribution in [0.2, 0.25) is 5.15 Å². The molecular formula is C11H17ClN6O. The molecule has 1 aliphatic carbocycles. The maximum atomic E-state index is 11.1. The maximum Gasteiger partial charge on any atom is 0.271 e. The summed E-state index contributed by atoms with van der Waals surface area (Å²) in [6, 6.07) is 0.507. The molecule has 19 heavy (non-hydrogen) atoms. The van der Waals surface area contributed by atoms with Crippen LogP contribution in [0.1, 0.15) is 36.2 Å². The minimum Gasteiger partial charge on any atom is -0.382 e. The molecule has 1 aliphatic rings. The van der Waals surface area contributed by atoms with Crippen LogP contribution in [-0.2, 0) is 0 Å². The number of halogens is 1. The summed E-state index contributed by atoms with van der Waals surface area (Å²) in [5.41, 5.74) is 16.5. The average molecular weight is 285 g/mol. The number of nitrogen functional groups attached to an aromatic ring is 1. The van der Waals surface area contributed by atoms with E-state index in [1.807, 2.05) is 0 Å². The van der Waals surface area contributed by atoms with Crippen molar-refractivity contribution in [2.75, 3.05) is 11.1 Å². The van der Waals surface area contributed by atoms with Crippen LogP contribution in [0, 0.1) is 0 Å². The highest BCUT2D eigenvalue weighted by Crippen LogP contribution is 2.25. The smallest absolute Gasteiger partial charge is 0.271 e. The quantitative estimate of drug-likeness (QED) is 0.638. The van der Waals surface area contributed by atoms with Gasteiger partial charge >= 0.3 is 0 Å². The lowest BCUT2D eigenvalue weighted by Gasteiger charge is -2.27. The molecule has 0 aliphatic heterocycles. The van der Waals surface area contributed by atoms with Gasteiger partial charge in [0.25, 0.3) is 5.91 Å². The zero-order valence-corrected chi connectivity index (χ0v) is 11.2. The van der Waals surface area contributed by atoms with E-state index in [2.05, 4.69) is 15.3 Å². The van der Waals surface area contributed by atoms with Gasteiger partial charge < -0.3 is 22.5 Å². The summed E-state index contributed by atoms with van der Waals surface area (Å²) in [5, 5.41) is 3.28.